The van der Waals surface area contributed by atoms with Crippen molar-refractivity contribution in [1.29, 1.82) is 0 Å². The van der Waals surface area contributed by atoms with Crippen LogP contribution in [-0.2, 0) is 9.47 Å². The minimum Gasteiger partial charge on any atom is -0.394 e. The second-order valence-electron chi connectivity index (χ2n) is 8.94. The molecule has 0 aliphatic carbocycles. The Hall–Kier alpha value is -0.580. The van der Waals surface area contributed by atoms with E-state index in [1.165, 1.54) is 64.2 Å². The zero-order chi connectivity index (χ0) is 23.8. The first-order valence-corrected chi connectivity index (χ1v) is 12.4. The lowest BCUT2D eigenvalue weighted by Gasteiger charge is -2.39. The maximum Gasteiger partial charge on any atom is 0.186 e. The van der Waals surface area contributed by atoms with Crippen LogP contribution in [0.5, 0.6) is 0 Å². The summed E-state index contributed by atoms with van der Waals surface area (Å²) in [5, 5.41) is 48.8. The topological polar surface area (TPSA) is 146 Å². The van der Waals surface area contributed by atoms with Crippen LogP contribution >= 0.6 is 0 Å². The van der Waals surface area contributed by atoms with Gasteiger partial charge in [-0.25, -0.2) is 0 Å². The molecular formula is C24H47NO7. The number of nitrogens with two attached hydrogens (primary N) is 1. The summed E-state index contributed by atoms with van der Waals surface area (Å²) in [6, 6.07) is -0.740. The van der Waals surface area contributed by atoms with Crippen molar-refractivity contribution >= 4 is 0 Å². The van der Waals surface area contributed by atoms with Gasteiger partial charge in [-0.15, -0.1) is 0 Å². The van der Waals surface area contributed by atoms with Gasteiger partial charge in [-0.3, -0.25) is 0 Å². The van der Waals surface area contributed by atoms with Gasteiger partial charge in [-0.1, -0.05) is 83.3 Å². The summed E-state index contributed by atoms with van der Waals surface area (Å²) in [5.74, 6) is 0. The molecular weight excluding hydrogens is 414 g/mol. The molecule has 0 saturated carbocycles. The van der Waals surface area contributed by atoms with Crippen LogP contribution in [-0.4, -0.2) is 81.6 Å². The van der Waals surface area contributed by atoms with E-state index in [1.54, 1.807) is 6.08 Å². The summed E-state index contributed by atoms with van der Waals surface area (Å²) in [6.07, 6.45) is 11.1. The van der Waals surface area contributed by atoms with Crippen molar-refractivity contribution in [2.45, 2.75) is 127 Å². The van der Waals surface area contributed by atoms with E-state index in [2.05, 4.69) is 6.92 Å². The molecule has 0 aromatic rings. The van der Waals surface area contributed by atoms with Crippen LogP contribution < -0.4 is 5.73 Å². The molecule has 1 aliphatic rings. The first-order valence-electron chi connectivity index (χ1n) is 12.4. The maximum atomic E-state index is 10.2. The van der Waals surface area contributed by atoms with Crippen molar-refractivity contribution in [1.82, 2.24) is 0 Å². The standard InChI is InChI=1S/C24H47NO7/c1-2-3-4-5-6-7-8-9-10-11-12-13-14-15-19(27)18(25)17-31-24-23(30)22(29)21(28)20(16-26)32-24/h14-15,18-24,26-30H,2-13,16-17,25H2,1H3/b15-14+/t18?,19?,20?,21-,22+,23?,24?/m0/s1. The first kappa shape index (κ1) is 29.5. The first-order chi connectivity index (χ1) is 15.4. The van der Waals surface area contributed by atoms with Gasteiger partial charge >= 0.3 is 0 Å². The van der Waals surface area contributed by atoms with Gasteiger partial charge in [0, 0.05) is 0 Å². The number of rotatable bonds is 18. The average molecular weight is 462 g/mol. The van der Waals surface area contributed by atoms with Crippen molar-refractivity contribution in [3.05, 3.63) is 12.2 Å². The molecule has 1 heterocycles. The molecule has 7 N–H and O–H groups in total. The lowest BCUT2D eigenvalue weighted by molar-refractivity contribution is -0.302. The highest BCUT2D eigenvalue weighted by molar-refractivity contribution is 4.94. The number of allylic oxidation sites excluding steroid dienone is 1. The lowest BCUT2D eigenvalue weighted by Crippen LogP contribution is -2.59. The molecule has 5 unspecified atom stereocenters. The molecule has 1 saturated heterocycles. The zero-order valence-electron chi connectivity index (χ0n) is 19.7. The van der Waals surface area contributed by atoms with Gasteiger partial charge in [0.25, 0.3) is 0 Å². The molecule has 0 aromatic heterocycles. The second kappa shape index (κ2) is 17.8. The van der Waals surface area contributed by atoms with E-state index in [-0.39, 0.29) is 6.61 Å². The van der Waals surface area contributed by atoms with Gasteiger partial charge in [0.05, 0.1) is 25.4 Å². The normalized spacial score (nSPS) is 28.3. The molecule has 0 aromatic carbocycles. The quantitative estimate of drug-likeness (QED) is 0.134. The maximum absolute atomic E-state index is 10.2. The molecule has 32 heavy (non-hydrogen) atoms. The van der Waals surface area contributed by atoms with E-state index < -0.39 is 49.5 Å². The third kappa shape index (κ3) is 11.5. The predicted octanol–water partition coefficient (Wildman–Crippen LogP) is 1.75. The number of aliphatic hydroxyl groups is 5. The van der Waals surface area contributed by atoms with Crippen LogP contribution in [0.4, 0.5) is 0 Å². The zero-order valence-corrected chi connectivity index (χ0v) is 19.7. The smallest absolute Gasteiger partial charge is 0.186 e. The van der Waals surface area contributed by atoms with E-state index in [0.29, 0.717) is 0 Å². The Kier molecular flexibility index (Phi) is 16.4. The number of ether oxygens (including phenoxy) is 2. The third-order valence-electron chi connectivity index (χ3n) is 6.05. The summed E-state index contributed by atoms with van der Waals surface area (Å²) in [7, 11) is 0. The number of unbranched alkanes of at least 4 members (excludes halogenated alkanes) is 11. The molecule has 7 atom stereocenters. The molecule has 190 valence electrons. The molecule has 0 spiro atoms. The van der Waals surface area contributed by atoms with Gasteiger partial charge in [0.2, 0.25) is 0 Å². The molecule has 0 radical (unpaired) electrons. The van der Waals surface area contributed by atoms with Crippen LogP contribution in [0.1, 0.15) is 84.0 Å². The van der Waals surface area contributed by atoms with Crippen molar-refractivity contribution < 1.29 is 35.0 Å². The van der Waals surface area contributed by atoms with Gasteiger partial charge < -0.3 is 40.7 Å². The van der Waals surface area contributed by atoms with E-state index in [1.807, 2.05) is 6.08 Å². The third-order valence-corrected chi connectivity index (χ3v) is 6.05. The summed E-state index contributed by atoms with van der Waals surface area (Å²) in [6.45, 7) is 1.60. The number of hydrogen-bond donors (Lipinski definition) is 6. The Labute approximate surface area is 193 Å². The minimum atomic E-state index is -1.50. The predicted molar refractivity (Wildman–Crippen MR) is 124 cm³/mol. The molecule has 0 amide bonds. The van der Waals surface area contributed by atoms with Crippen LogP contribution in [0, 0.1) is 0 Å². The molecule has 0 bridgehead atoms. The highest BCUT2D eigenvalue weighted by atomic mass is 16.7. The fourth-order valence-electron chi connectivity index (χ4n) is 3.81. The van der Waals surface area contributed by atoms with Crippen LogP contribution in [0.2, 0.25) is 0 Å². The molecule has 1 fully saturated rings. The Morgan fingerprint density at radius 1 is 0.875 bits per heavy atom. The van der Waals surface area contributed by atoms with Crippen LogP contribution in [0.15, 0.2) is 12.2 Å². The van der Waals surface area contributed by atoms with Crippen LogP contribution in [0.25, 0.3) is 0 Å². The summed E-state index contributed by atoms with van der Waals surface area (Å²) in [5.41, 5.74) is 5.93. The van der Waals surface area contributed by atoms with Gasteiger partial charge in [-0.05, 0) is 12.8 Å². The Morgan fingerprint density at radius 3 is 2.00 bits per heavy atom. The highest BCUT2D eigenvalue weighted by Crippen LogP contribution is 2.22. The lowest BCUT2D eigenvalue weighted by atomic mass is 9.99. The molecule has 8 heteroatoms. The Morgan fingerprint density at radius 2 is 1.44 bits per heavy atom. The fraction of sp³-hybridized carbons (Fsp3) is 0.917. The SMILES string of the molecule is CCCCCCCCCCCCC/C=C/C(O)C(N)COC1OC(CO)[C@H](O)[C@@H](O)C1O. The fourth-order valence-corrected chi connectivity index (χ4v) is 3.81. The number of hydrogen-bond acceptors (Lipinski definition) is 8. The van der Waals surface area contributed by atoms with Crippen molar-refractivity contribution in [3.8, 4) is 0 Å². The van der Waals surface area contributed by atoms with Gasteiger partial charge in [-0.2, -0.15) is 0 Å². The van der Waals surface area contributed by atoms with Crippen molar-refractivity contribution in [3.63, 3.8) is 0 Å². The number of aliphatic hydroxyl groups excluding tert-OH is 5. The second-order valence-corrected chi connectivity index (χ2v) is 8.94. The largest absolute Gasteiger partial charge is 0.394 e. The molecule has 1 aliphatic heterocycles. The Bertz CT molecular complexity index is 477. The average Bonchev–Trinajstić information content (AvgIpc) is 2.79. The monoisotopic (exact) mass is 461 g/mol. The molecule has 1 rings (SSSR count). The Balaban J connectivity index is 2.10. The summed E-state index contributed by atoms with van der Waals surface area (Å²) >= 11 is 0. The van der Waals surface area contributed by atoms with Crippen LogP contribution in [0.3, 0.4) is 0 Å². The van der Waals surface area contributed by atoms with E-state index in [4.69, 9.17) is 15.2 Å². The van der Waals surface area contributed by atoms with E-state index >= 15 is 0 Å². The highest BCUT2D eigenvalue weighted by Gasteiger charge is 2.44. The molecule has 8 nitrogen and oxygen atoms in total. The van der Waals surface area contributed by atoms with Crippen molar-refractivity contribution in [2.24, 2.45) is 5.73 Å². The van der Waals surface area contributed by atoms with Gasteiger partial charge in [0.1, 0.15) is 24.4 Å². The summed E-state index contributed by atoms with van der Waals surface area (Å²) in [4.78, 5) is 0. The summed E-state index contributed by atoms with van der Waals surface area (Å²) < 4.78 is 10.6. The van der Waals surface area contributed by atoms with Gasteiger partial charge in [0.15, 0.2) is 6.29 Å². The van der Waals surface area contributed by atoms with E-state index in [9.17, 15) is 25.5 Å². The minimum absolute atomic E-state index is 0.118. The van der Waals surface area contributed by atoms with Crippen molar-refractivity contribution in [2.75, 3.05) is 13.2 Å². The van der Waals surface area contributed by atoms with E-state index in [0.717, 1.165) is 12.8 Å².